The maximum atomic E-state index is 8.45. The van der Waals surface area contributed by atoms with Gasteiger partial charge in [-0.25, -0.2) is 0 Å². The van der Waals surface area contributed by atoms with Crippen molar-refractivity contribution in [3.8, 4) is 5.75 Å². The molecule has 0 aliphatic rings. The zero-order valence-electron chi connectivity index (χ0n) is 21.9. The summed E-state index contributed by atoms with van der Waals surface area (Å²) in [7, 11) is 0. The number of aliphatic hydroxyl groups is 2. The minimum atomic E-state index is 0.0359. The highest BCUT2D eigenvalue weighted by Crippen LogP contribution is 2.10. The number of rotatable bonds is 25. The topological polar surface area (TPSA) is 95.8 Å². The van der Waals surface area contributed by atoms with Gasteiger partial charge < -0.3 is 38.6 Å². The van der Waals surface area contributed by atoms with Crippen LogP contribution in [0.2, 0.25) is 0 Å². The lowest BCUT2D eigenvalue weighted by atomic mass is 10.1. The van der Waals surface area contributed by atoms with E-state index in [1.54, 1.807) is 0 Å². The van der Waals surface area contributed by atoms with Crippen molar-refractivity contribution in [3.05, 3.63) is 30.3 Å². The van der Waals surface area contributed by atoms with Gasteiger partial charge in [-0.3, -0.25) is 0 Å². The van der Waals surface area contributed by atoms with Crippen LogP contribution >= 0.6 is 0 Å². The van der Waals surface area contributed by atoms with Crippen molar-refractivity contribution >= 4 is 0 Å². The Morgan fingerprint density at radius 3 is 1.31 bits per heavy atom. The summed E-state index contributed by atoms with van der Waals surface area (Å²) >= 11 is 0. The minimum Gasteiger partial charge on any atom is -0.494 e. The first-order chi connectivity index (χ1) is 17.3. The van der Waals surface area contributed by atoms with Gasteiger partial charge in [0.05, 0.1) is 85.9 Å². The van der Waals surface area contributed by atoms with Gasteiger partial charge in [0.25, 0.3) is 0 Å². The zero-order valence-corrected chi connectivity index (χ0v) is 21.9. The Bertz CT molecular complexity index is 473. The van der Waals surface area contributed by atoms with E-state index in [2.05, 4.69) is 6.92 Å². The van der Waals surface area contributed by atoms with Crippen LogP contribution < -0.4 is 4.74 Å². The molecular formula is C27H50O8. The van der Waals surface area contributed by atoms with Crippen molar-refractivity contribution in [2.24, 2.45) is 0 Å². The Hall–Kier alpha value is -1.26. The van der Waals surface area contributed by atoms with Crippen LogP contribution in [0.15, 0.2) is 30.3 Å². The van der Waals surface area contributed by atoms with E-state index in [9.17, 15) is 0 Å². The first-order valence-electron chi connectivity index (χ1n) is 13.1. The highest BCUT2D eigenvalue weighted by Gasteiger charge is 1.94. The molecule has 0 atom stereocenters. The van der Waals surface area contributed by atoms with Gasteiger partial charge in [0.1, 0.15) is 5.75 Å². The van der Waals surface area contributed by atoms with Crippen LogP contribution in [-0.2, 0) is 23.7 Å². The number of para-hydroxylation sites is 1. The van der Waals surface area contributed by atoms with Gasteiger partial charge >= 0.3 is 0 Å². The molecule has 8 heteroatoms. The van der Waals surface area contributed by atoms with Gasteiger partial charge in [-0.05, 0) is 18.6 Å². The molecule has 0 heterocycles. The predicted molar refractivity (Wildman–Crippen MR) is 138 cm³/mol. The number of unbranched alkanes of at least 4 members (excludes halogenated alkanes) is 6. The van der Waals surface area contributed by atoms with Crippen LogP contribution in [0.3, 0.4) is 0 Å². The molecule has 1 aromatic rings. The maximum Gasteiger partial charge on any atom is 0.119 e. The van der Waals surface area contributed by atoms with E-state index in [0.717, 1.165) is 12.4 Å². The summed E-state index contributed by atoms with van der Waals surface area (Å²) in [5, 5.41) is 16.9. The van der Waals surface area contributed by atoms with Crippen LogP contribution in [0.4, 0.5) is 0 Å². The van der Waals surface area contributed by atoms with E-state index in [1.165, 1.54) is 44.9 Å². The molecule has 0 fully saturated rings. The Balaban J connectivity index is 0.000000669. The summed E-state index contributed by atoms with van der Waals surface area (Å²) in [6.45, 7) is 7.92. The van der Waals surface area contributed by atoms with E-state index in [4.69, 9.17) is 38.6 Å². The minimum absolute atomic E-state index is 0.0359. The molecule has 0 unspecified atom stereocenters. The molecule has 0 aliphatic carbocycles. The number of ether oxygens (including phenoxy) is 6. The smallest absolute Gasteiger partial charge is 0.119 e. The third-order valence-corrected chi connectivity index (χ3v) is 4.72. The molecule has 0 radical (unpaired) electrons. The molecule has 0 saturated heterocycles. The van der Waals surface area contributed by atoms with Gasteiger partial charge in [-0.1, -0.05) is 63.6 Å². The molecule has 0 amide bonds. The monoisotopic (exact) mass is 502 g/mol. The average molecular weight is 503 g/mol. The van der Waals surface area contributed by atoms with Crippen molar-refractivity contribution in [2.75, 3.05) is 85.9 Å². The van der Waals surface area contributed by atoms with Crippen molar-refractivity contribution in [3.63, 3.8) is 0 Å². The van der Waals surface area contributed by atoms with Crippen LogP contribution in [0.5, 0.6) is 5.75 Å². The third kappa shape index (κ3) is 28.9. The van der Waals surface area contributed by atoms with Gasteiger partial charge in [0.2, 0.25) is 0 Å². The third-order valence-electron chi connectivity index (χ3n) is 4.72. The van der Waals surface area contributed by atoms with Gasteiger partial charge in [0, 0.05) is 0 Å². The standard InChI is InChI=1S/C15H24O.C12H26O7/c1-2-3-4-5-6-7-11-14-16-15-12-9-8-10-13-15;13-1-3-15-5-7-17-9-11-19-12-10-18-8-6-16-4-2-14/h8-10,12-13H,2-7,11,14H2,1H3;13-14H,1-12H2. The van der Waals surface area contributed by atoms with E-state index in [0.29, 0.717) is 66.1 Å². The lowest BCUT2D eigenvalue weighted by Gasteiger charge is -2.07. The van der Waals surface area contributed by atoms with Gasteiger partial charge in [0.15, 0.2) is 0 Å². The lowest BCUT2D eigenvalue weighted by molar-refractivity contribution is -0.0151. The van der Waals surface area contributed by atoms with E-state index in [-0.39, 0.29) is 13.2 Å². The number of benzene rings is 1. The molecule has 1 rings (SSSR count). The van der Waals surface area contributed by atoms with Crippen LogP contribution in [0, 0.1) is 0 Å². The van der Waals surface area contributed by atoms with Crippen LogP contribution in [-0.4, -0.2) is 96.1 Å². The molecule has 0 aromatic heterocycles. The van der Waals surface area contributed by atoms with Crippen molar-refractivity contribution < 1.29 is 38.6 Å². The molecule has 0 spiro atoms. The number of hydrogen-bond donors (Lipinski definition) is 2. The SMILES string of the molecule is CCCCCCCCCOc1ccccc1.OCCOCCOCCOCCOCCOCCO. The Kier molecular flexibility index (Phi) is 29.7. The number of hydrogen-bond acceptors (Lipinski definition) is 8. The second-order valence-electron chi connectivity index (χ2n) is 7.79. The Labute approximate surface area is 212 Å². The van der Waals surface area contributed by atoms with E-state index >= 15 is 0 Å². The summed E-state index contributed by atoms with van der Waals surface area (Å²) in [6, 6.07) is 10.1. The molecule has 0 aliphatic heterocycles. The largest absolute Gasteiger partial charge is 0.494 e. The first kappa shape index (κ1) is 33.7. The molecule has 206 valence electrons. The number of aliphatic hydroxyl groups excluding tert-OH is 2. The molecule has 8 nitrogen and oxygen atoms in total. The van der Waals surface area contributed by atoms with Crippen molar-refractivity contribution in [1.82, 2.24) is 0 Å². The Morgan fingerprint density at radius 2 is 0.886 bits per heavy atom. The zero-order chi connectivity index (χ0) is 25.5. The molecule has 1 aromatic carbocycles. The van der Waals surface area contributed by atoms with Crippen LogP contribution in [0.25, 0.3) is 0 Å². The molecule has 35 heavy (non-hydrogen) atoms. The average Bonchev–Trinajstić information content (AvgIpc) is 2.89. The van der Waals surface area contributed by atoms with Crippen molar-refractivity contribution in [1.29, 1.82) is 0 Å². The second kappa shape index (κ2) is 30.8. The molecule has 0 bridgehead atoms. The summed E-state index contributed by atoms with van der Waals surface area (Å²) in [6.07, 6.45) is 9.35. The normalized spacial score (nSPS) is 10.7. The highest BCUT2D eigenvalue weighted by atomic mass is 16.6. The second-order valence-corrected chi connectivity index (χ2v) is 7.79. The summed E-state index contributed by atoms with van der Waals surface area (Å²) < 4.78 is 31.4. The van der Waals surface area contributed by atoms with Crippen molar-refractivity contribution in [2.45, 2.75) is 51.9 Å². The van der Waals surface area contributed by atoms with E-state index < -0.39 is 0 Å². The summed E-state index contributed by atoms with van der Waals surface area (Å²) in [5.74, 6) is 0.994. The fourth-order valence-electron chi connectivity index (χ4n) is 2.88. The molecule has 2 N–H and O–H groups in total. The van der Waals surface area contributed by atoms with Crippen LogP contribution in [0.1, 0.15) is 51.9 Å². The maximum absolute atomic E-state index is 8.45. The summed E-state index contributed by atoms with van der Waals surface area (Å²) in [5.41, 5.74) is 0. The fraction of sp³-hybridized carbons (Fsp3) is 0.778. The highest BCUT2D eigenvalue weighted by molar-refractivity contribution is 5.20. The Morgan fingerprint density at radius 1 is 0.486 bits per heavy atom. The molecular weight excluding hydrogens is 452 g/mol. The lowest BCUT2D eigenvalue weighted by Crippen LogP contribution is -2.14. The fourth-order valence-corrected chi connectivity index (χ4v) is 2.88. The van der Waals surface area contributed by atoms with Gasteiger partial charge in [-0.15, -0.1) is 0 Å². The predicted octanol–water partition coefficient (Wildman–Crippen LogP) is 3.87. The quantitative estimate of drug-likeness (QED) is 0.195. The summed E-state index contributed by atoms with van der Waals surface area (Å²) in [4.78, 5) is 0. The van der Waals surface area contributed by atoms with Gasteiger partial charge in [-0.2, -0.15) is 0 Å². The van der Waals surface area contributed by atoms with E-state index in [1.807, 2.05) is 30.3 Å². The molecule has 0 saturated carbocycles. The first-order valence-corrected chi connectivity index (χ1v) is 13.1.